The SMILES string of the molecule is CC1COc2cc3oc(CN)nc3cc2N1C. The molecule has 5 heteroatoms. The van der Waals surface area contributed by atoms with Gasteiger partial charge in [-0.1, -0.05) is 0 Å². The first-order valence-electron chi connectivity index (χ1n) is 5.68. The molecule has 0 aliphatic carbocycles. The first kappa shape index (κ1) is 10.4. The number of anilines is 1. The van der Waals surface area contributed by atoms with E-state index in [1.807, 2.05) is 12.1 Å². The molecule has 1 atom stereocenters. The van der Waals surface area contributed by atoms with Crippen LogP contribution in [0, 0.1) is 0 Å². The van der Waals surface area contributed by atoms with Crippen LogP contribution in [0.5, 0.6) is 5.75 Å². The Labute approximate surface area is 99.2 Å². The van der Waals surface area contributed by atoms with Crippen LogP contribution in [0.25, 0.3) is 11.1 Å². The quantitative estimate of drug-likeness (QED) is 0.808. The second kappa shape index (κ2) is 3.63. The molecule has 90 valence electrons. The number of hydrogen-bond donors (Lipinski definition) is 1. The van der Waals surface area contributed by atoms with Gasteiger partial charge in [-0.15, -0.1) is 0 Å². The molecular formula is C12H15N3O2. The predicted molar refractivity (Wildman–Crippen MR) is 65.3 cm³/mol. The van der Waals surface area contributed by atoms with Crippen LogP contribution < -0.4 is 15.4 Å². The molecule has 2 aromatic rings. The van der Waals surface area contributed by atoms with Crippen LogP contribution in [0.2, 0.25) is 0 Å². The van der Waals surface area contributed by atoms with E-state index in [-0.39, 0.29) is 0 Å². The van der Waals surface area contributed by atoms with Crippen molar-refractivity contribution >= 4 is 16.8 Å². The number of nitrogens with two attached hydrogens (primary N) is 1. The Hall–Kier alpha value is -1.75. The highest BCUT2D eigenvalue weighted by molar-refractivity contribution is 5.82. The maximum absolute atomic E-state index is 5.70. The summed E-state index contributed by atoms with van der Waals surface area (Å²) < 4.78 is 11.2. The van der Waals surface area contributed by atoms with E-state index in [9.17, 15) is 0 Å². The number of ether oxygens (including phenoxy) is 1. The average Bonchev–Trinajstić information content (AvgIpc) is 2.74. The number of hydrogen-bond acceptors (Lipinski definition) is 5. The molecule has 0 amide bonds. The van der Waals surface area contributed by atoms with Crippen LogP contribution >= 0.6 is 0 Å². The zero-order valence-corrected chi connectivity index (χ0v) is 9.93. The van der Waals surface area contributed by atoms with Gasteiger partial charge in [0.05, 0.1) is 18.3 Å². The molecule has 1 aliphatic rings. The van der Waals surface area contributed by atoms with Crippen LogP contribution in [-0.4, -0.2) is 24.7 Å². The molecule has 2 heterocycles. The lowest BCUT2D eigenvalue weighted by atomic mass is 10.2. The Kier molecular flexibility index (Phi) is 2.22. The first-order chi connectivity index (χ1) is 8.19. The van der Waals surface area contributed by atoms with Crippen molar-refractivity contribution in [1.82, 2.24) is 4.98 Å². The van der Waals surface area contributed by atoms with Crippen molar-refractivity contribution in [2.75, 3.05) is 18.6 Å². The number of fused-ring (bicyclic) bond motifs is 2. The third kappa shape index (κ3) is 1.54. The van der Waals surface area contributed by atoms with Gasteiger partial charge in [0.15, 0.2) is 5.58 Å². The molecule has 3 rings (SSSR count). The lowest BCUT2D eigenvalue weighted by Gasteiger charge is -2.33. The van der Waals surface area contributed by atoms with Crippen molar-refractivity contribution in [3.05, 3.63) is 18.0 Å². The number of likely N-dealkylation sites (N-methyl/N-ethyl adjacent to an activating group) is 1. The summed E-state index contributed by atoms with van der Waals surface area (Å²) in [6.45, 7) is 3.13. The van der Waals surface area contributed by atoms with Gasteiger partial charge in [-0.05, 0) is 13.0 Å². The van der Waals surface area contributed by atoms with E-state index in [1.165, 1.54) is 0 Å². The zero-order chi connectivity index (χ0) is 12.0. The number of benzene rings is 1. The molecule has 1 unspecified atom stereocenters. The van der Waals surface area contributed by atoms with Crippen LogP contribution in [0.15, 0.2) is 16.5 Å². The van der Waals surface area contributed by atoms with Crippen molar-refractivity contribution in [3.63, 3.8) is 0 Å². The van der Waals surface area contributed by atoms with Crippen LogP contribution in [0.4, 0.5) is 5.69 Å². The monoisotopic (exact) mass is 233 g/mol. The fourth-order valence-corrected chi connectivity index (χ4v) is 2.03. The lowest BCUT2D eigenvalue weighted by molar-refractivity contribution is 0.275. The summed E-state index contributed by atoms with van der Waals surface area (Å²) in [5.74, 6) is 1.40. The largest absolute Gasteiger partial charge is 0.489 e. The first-order valence-corrected chi connectivity index (χ1v) is 5.68. The molecule has 17 heavy (non-hydrogen) atoms. The third-order valence-electron chi connectivity index (χ3n) is 3.21. The highest BCUT2D eigenvalue weighted by atomic mass is 16.5. The molecule has 0 saturated heterocycles. The van der Waals surface area contributed by atoms with E-state index in [4.69, 9.17) is 14.9 Å². The topological polar surface area (TPSA) is 64.5 Å². The molecule has 0 saturated carbocycles. The Balaban J connectivity index is 2.17. The average molecular weight is 233 g/mol. The number of nitrogens with zero attached hydrogens (tertiary/aromatic N) is 2. The minimum absolute atomic E-state index is 0.312. The minimum Gasteiger partial charge on any atom is -0.489 e. The van der Waals surface area contributed by atoms with Gasteiger partial charge in [-0.25, -0.2) is 4.98 Å². The molecular weight excluding hydrogens is 218 g/mol. The zero-order valence-electron chi connectivity index (χ0n) is 9.93. The Bertz CT molecular complexity index is 564. The fourth-order valence-electron chi connectivity index (χ4n) is 2.03. The number of aromatic nitrogens is 1. The smallest absolute Gasteiger partial charge is 0.209 e. The van der Waals surface area contributed by atoms with E-state index in [0.717, 1.165) is 22.5 Å². The molecule has 1 aromatic heterocycles. The van der Waals surface area contributed by atoms with Gasteiger partial charge < -0.3 is 19.8 Å². The maximum Gasteiger partial charge on any atom is 0.209 e. The van der Waals surface area contributed by atoms with Gasteiger partial charge in [0, 0.05) is 13.1 Å². The summed E-state index contributed by atoms with van der Waals surface area (Å²) in [7, 11) is 2.06. The second-order valence-corrected chi connectivity index (χ2v) is 4.37. The summed E-state index contributed by atoms with van der Waals surface area (Å²) in [6.07, 6.45) is 0. The number of oxazole rings is 1. The normalized spacial score (nSPS) is 19.2. The van der Waals surface area contributed by atoms with E-state index >= 15 is 0 Å². The molecule has 0 fully saturated rings. The van der Waals surface area contributed by atoms with Crippen molar-refractivity contribution in [1.29, 1.82) is 0 Å². The van der Waals surface area contributed by atoms with Crippen LogP contribution in [0.1, 0.15) is 12.8 Å². The molecule has 1 aromatic carbocycles. The fraction of sp³-hybridized carbons (Fsp3) is 0.417. The Morgan fingerprint density at radius 3 is 3.12 bits per heavy atom. The highest BCUT2D eigenvalue weighted by Gasteiger charge is 2.23. The van der Waals surface area contributed by atoms with Gasteiger partial charge in [0.2, 0.25) is 5.89 Å². The minimum atomic E-state index is 0.312. The van der Waals surface area contributed by atoms with E-state index in [0.29, 0.717) is 25.1 Å². The molecule has 1 aliphatic heterocycles. The van der Waals surface area contributed by atoms with Crippen molar-refractivity contribution in [2.24, 2.45) is 5.73 Å². The van der Waals surface area contributed by atoms with Crippen molar-refractivity contribution in [3.8, 4) is 5.75 Å². The number of rotatable bonds is 1. The molecule has 2 N–H and O–H groups in total. The van der Waals surface area contributed by atoms with Gasteiger partial charge >= 0.3 is 0 Å². The summed E-state index contributed by atoms with van der Waals surface area (Å²) in [4.78, 5) is 6.51. The van der Waals surface area contributed by atoms with Crippen molar-refractivity contribution < 1.29 is 9.15 Å². The van der Waals surface area contributed by atoms with Crippen LogP contribution in [0.3, 0.4) is 0 Å². The van der Waals surface area contributed by atoms with Crippen molar-refractivity contribution in [2.45, 2.75) is 19.5 Å². The Morgan fingerprint density at radius 2 is 2.35 bits per heavy atom. The standard InChI is InChI=1S/C12H15N3O2/c1-7-6-16-11-4-10-8(3-9(11)15(7)2)14-12(5-13)17-10/h3-4,7H,5-6,13H2,1-2H3. The predicted octanol–water partition coefficient (Wildman–Crippen LogP) is 1.50. The van der Waals surface area contributed by atoms with E-state index in [1.54, 1.807) is 0 Å². The third-order valence-corrected chi connectivity index (χ3v) is 3.21. The molecule has 0 spiro atoms. The van der Waals surface area contributed by atoms with Crippen LogP contribution in [-0.2, 0) is 6.54 Å². The summed E-state index contributed by atoms with van der Waals surface area (Å²) >= 11 is 0. The van der Waals surface area contributed by atoms with E-state index in [2.05, 4.69) is 23.9 Å². The molecule has 0 radical (unpaired) electrons. The molecule has 0 bridgehead atoms. The maximum atomic E-state index is 5.70. The summed E-state index contributed by atoms with van der Waals surface area (Å²) in [6, 6.07) is 4.24. The van der Waals surface area contributed by atoms with Gasteiger partial charge in [0.25, 0.3) is 0 Å². The van der Waals surface area contributed by atoms with Gasteiger partial charge in [-0.3, -0.25) is 0 Å². The summed E-state index contributed by atoms with van der Waals surface area (Å²) in [5.41, 5.74) is 8.12. The summed E-state index contributed by atoms with van der Waals surface area (Å²) in [5, 5.41) is 0. The van der Waals surface area contributed by atoms with E-state index < -0.39 is 0 Å². The van der Waals surface area contributed by atoms with Gasteiger partial charge in [-0.2, -0.15) is 0 Å². The molecule has 5 nitrogen and oxygen atoms in total. The second-order valence-electron chi connectivity index (χ2n) is 4.37. The lowest BCUT2D eigenvalue weighted by Crippen LogP contribution is -2.37. The van der Waals surface area contributed by atoms with Gasteiger partial charge in [0.1, 0.15) is 17.9 Å². The Morgan fingerprint density at radius 1 is 1.53 bits per heavy atom. The highest BCUT2D eigenvalue weighted by Crippen LogP contribution is 2.36.